The standard InChI is InChI=1S/C19H34O6/c1-10(23-18-15(21)9-14(20)12(3)24-18)7-8-13-11(2)16(13)17(22)25-19(4,5)6/h10-16,18,20-21H,7-9H2,1-6H3. The number of esters is 1. The molecule has 1 saturated carbocycles. The van der Waals surface area contributed by atoms with Gasteiger partial charge in [-0.1, -0.05) is 6.92 Å². The summed E-state index contributed by atoms with van der Waals surface area (Å²) >= 11 is 0. The molecule has 0 spiro atoms. The van der Waals surface area contributed by atoms with Crippen LogP contribution in [0.25, 0.3) is 0 Å². The first kappa shape index (κ1) is 20.6. The minimum Gasteiger partial charge on any atom is -0.460 e. The molecule has 0 radical (unpaired) electrons. The molecule has 0 aromatic heterocycles. The van der Waals surface area contributed by atoms with Crippen molar-refractivity contribution in [3.8, 4) is 0 Å². The van der Waals surface area contributed by atoms with E-state index in [1.807, 2.05) is 27.7 Å². The molecular weight excluding hydrogens is 324 g/mol. The minimum absolute atomic E-state index is 0.0156. The van der Waals surface area contributed by atoms with Gasteiger partial charge in [0.25, 0.3) is 0 Å². The Morgan fingerprint density at radius 3 is 2.48 bits per heavy atom. The van der Waals surface area contributed by atoms with Gasteiger partial charge in [0, 0.05) is 6.42 Å². The van der Waals surface area contributed by atoms with Gasteiger partial charge in [0.05, 0.1) is 24.2 Å². The maximum absolute atomic E-state index is 12.2. The molecular formula is C19H34O6. The molecule has 0 aromatic carbocycles. The summed E-state index contributed by atoms with van der Waals surface area (Å²) in [7, 11) is 0. The molecule has 2 aliphatic rings. The van der Waals surface area contributed by atoms with Crippen LogP contribution in [-0.4, -0.2) is 52.5 Å². The lowest BCUT2D eigenvalue weighted by molar-refractivity contribution is -0.273. The number of aliphatic hydroxyl groups is 2. The molecule has 1 aliphatic heterocycles. The van der Waals surface area contributed by atoms with Crippen molar-refractivity contribution in [3.05, 3.63) is 0 Å². The number of rotatable bonds is 6. The highest BCUT2D eigenvalue weighted by molar-refractivity contribution is 5.76. The summed E-state index contributed by atoms with van der Waals surface area (Å²) in [5, 5.41) is 19.7. The Balaban J connectivity index is 1.73. The monoisotopic (exact) mass is 358 g/mol. The SMILES string of the molecule is CC(CCC1C(C)C1C(=O)OC(C)(C)C)OC1OC(C)C(O)CC1O. The van der Waals surface area contributed by atoms with Crippen molar-refractivity contribution in [2.24, 2.45) is 17.8 Å². The zero-order chi connectivity index (χ0) is 18.9. The summed E-state index contributed by atoms with van der Waals surface area (Å²) in [6, 6.07) is 0. The summed E-state index contributed by atoms with van der Waals surface area (Å²) in [6.45, 7) is 11.5. The number of aliphatic hydroxyl groups excluding tert-OH is 2. The van der Waals surface area contributed by atoms with Crippen LogP contribution >= 0.6 is 0 Å². The highest BCUT2D eigenvalue weighted by Crippen LogP contribution is 2.50. The Labute approximate surface area is 150 Å². The molecule has 8 atom stereocenters. The fourth-order valence-corrected chi connectivity index (χ4v) is 3.54. The first-order valence-electron chi connectivity index (χ1n) is 9.39. The van der Waals surface area contributed by atoms with Crippen LogP contribution < -0.4 is 0 Å². The van der Waals surface area contributed by atoms with Crippen LogP contribution in [0.2, 0.25) is 0 Å². The Morgan fingerprint density at radius 2 is 1.88 bits per heavy atom. The molecule has 0 aromatic rings. The molecule has 6 nitrogen and oxygen atoms in total. The number of hydrogen-bond acceptors (Lipinski definition) is 6. The molecule has 2 rings (SSSR count). The fraction of sp³-hybridized carbons (Fsp3) is 0.947. The van der Waals surface area contributed by atoms with Crippen LogP contribution in [0.15, 0.2) is 0 Å². The van der Waals surface area contributed by atoms with E-state index in [1.165, 1.54) is 0 Å². The van der Waals surface area contributed by atoms with E-state index in [0.717, 1.165) is 12.8 Å². The quantitative estimate of drug-likeness (QED) is 0.709. The Hall–Kier alpha value is -0.690. The van der Waals surface area contributed by atoms with Crippen molar-refractivity contribution in [2.45, 2.75) is 97.1 Å². The normalized spacial score (nSPS) is 39.8. The van der Waals surface area contributed by atoms with Crippen molar-refractivity contribution in [1.29, 1.82) is 0 Å². The minimum atomic E-state index is -0.817. The van der Waals surface area contributed by atoms with E-state index in [1.54, 1.807) is 6.92 Å². The third-order valence-electron chi connectivity index (χ3n) is 5.20. The molecule has 6 heteroatoms. The Morgan fingerprint density at radius 1 is 1.24 bits per heavy atom. The van der Waals surface area contributed by atoms with Crippen molar-refractivity contribution in [2.75, 3.05) is 0 Å². The van der Waals surface area contributed by atoms with Gasteiger partial charge in [-0.2, -0.15) is 0 Å². The zero-order valence-corrected chi connectivity index (χ0v) is 16.3. The smallest absolute Gasteiger partial charge is 0.310 e. The second kappa shape index (κ2) is 7.91. The first-order chi connectivity index (χ1) is 11.5. The van der Waals surface area contributed by atoms with Crippen LogP contribution in [0, 0.1) is 17.8 Å². The first-order valence-corrected chi connectivity index (χ1v) is 9.39. The predicted octanol–water partition coefficient (Wildman–Crippen LogP) is 2.25. The van der Waals surface area contributed by atoms with Crippen LogP contribution in [0.4, 0.5) is 0 Å². The molecule has 1 aliphatic carbocycles. The second-order valence-corrected chi connectivity index (χ2v) is 8.69. The topological polar surface area (TPSA) is 85.2 Å². The van der Waals surface area contributed by atoms with Crippen molar-refractivity contribution in [3.63, 3.8) is 0 Å². The lowest BCUT2D eigenvalue weighted by Crippen LogP contribution is -2.48. The number of carbonyl (C=O) groups is 1. The summed E-state index contributed by atoms with van der Waals surface area (Å²) in [6.07, 6.45) is -0.680. The second-order valence-electron chi connectivity index (χ2n) is 8.69. The Kier molecular flexibility index (Phi) is 6.52. The average molecular weight is 358 g/mol. The summed E-state index contributed by atoms with van der Waals surface area (Å²) < 4.78 is 16.8. The molecule has 2 N–H and O–H groups in total. The highest BCUT2D eigenvalue weighted by Gasteiger charge is 2.52. The van der Waals surface area contributed by atoms with Gasteiger partial charge >= 0.3 is 5.97 Å². The molecule has 8 unspecified atom stereocenters. The largest absolute Gasteiger partial charge is 0.460 e. The lowest BCUT2D eigenvalue weighted by atomic mass is 10.0. The van der Waals surface area contributed by atoms with Crippen molar-refractivity contribution in [1.82, 2.24) is 0 Å². The molecule has 0 amide bonds. The van der Waals surface area contributed by atoms with Gasteiger partial charge in [0.15, 0.2) is 6.29 Å². The third-order valence-corrected chi connectivity index (χ3v) is 5.20. The van der Waals surface area contributed by atoms with Crippen molar-refractivity contribution < 1.29 is 29.2 Å². The van der Waals surface area contributed by atoms with Gasteiger partial charge < -0.3 is 24.4 Å². The zero-order valence-electron chi connectivity index (χ0n) is 16.3. The molecule has 1 saturated heterocycles. The predicted molar refractivity (Wildman–Crippen MR) is 92.7 cm³/mol. The highest BCUT2D eigenvalue weighted by atomic mass is 16.7. The van der Waals surface area contributed by atoms with Crippen LogP contribution in [0.1, 0.15) is 60.8 Å². The molecule has 146 valence electrons. The van der Waals surface area contributed by atoms with E-state index < -0.39 is 24.1 Å². The van der Waals surface area contributed by atoms with Gasteiger partial charge in [0.1, 0.15) is 11.7 Å². The van der Waals surface area contributed by atoms with E-state index in [4.69, 9.17) is 14.2 Å². The maximum Gasteiger partial charge on any atom is 0.310 e. The molecule has 1 heterocycles. The van der Waals surface area contributed by atoms with E-state index in [-0.39, 0.29) is 30.5 Å². The van der Waals surface area contributed by atoms with Crippen LogP contribution in [0.5, 0.6) is 0 Å². The summed E-state index contributed by atoms with van der Waals surface area (Å²) in [5.74, 6) is 0.554. The van der Waals surface area contributed by atoms with Crippen LogP contribution in [-0.2, 0) is 19.0 Å². The third kappa shape index (κ3) is 5.64. The maximum atomic E-state index is 12.2. The summed E-state index contributed by atoms with van der Waals surface area (Å²) in [5.41, 5.74) is -0.448. The van der Waals surface area contributed by atoms with Gasteiger partial charge in [-0.05, 0) is 59.3 Å². The van der Waals surface area contributed by atoms with E-state index in [9.17, 15) is 15.0 Å². The van der Waals surface area contributed by atoms with Gasteiger partial charge in [-0.25, -0.2) is 0 Å². The fourth-order valence-electron chi connectivity index (χ4n) is 3.54. The van der Waals surface area contributed by atoms with Crippen LogP contribution in [0.3, 0.4) is 0 Å². The van der Waals surface area contributed by atoms with Gasteiger partial charge in [-0.3, -0.25) is 4.79 Å². The number of carbonyl (C=O) groups excluding carboxylic acids is 1. The van der Waals surface area contributed by atoms with E-state index in [2.05, 4.69) is 6.92 Å². The summed E-state index contributed by atoms with van der Waals surface area (Å²) in [4.78, 5) is 12.2. The van der Waals surface area contributed by atoms with E-state index >= 15 is 0 Å². The lowest BCUT2D eigenvalue weighted by Gasteiger charge is -2.36. The molecule has 2 fully saturated rings. The van der Waals surface area contributed by atoms with Gasteiger partial charge in [0.2, 0.25) is 0 Å². The number of ether oxygens (including phenoxy) is 3. The average Bonchev–Trinajstić information content (AvgIpc) is 3.11. The Bertz CT molecular complexity index is 459. The van der Waals surface area contributed by atoms with E-state index in [0.29, 0.717) is 11.8 Å². The van der Waals surface area contributed by atoms with Crippen molar-refractivity contribution >= 4 is 5.97 Å². The number of hydrogen-bond donors (Lipinski definition) is 2. The molecule has 25 heavy (non-hydrogen) atoms. The molecule has 0 bridgehead atoms. The van der Waals surface area contributed by atoms with Gasteiger partial charge in [-0.15, -0.1) is 0 Å².